The molecule has 0 aromatic carbocycles. The summed E-state index contributed by atoms with van der Waals surface area (Å²) in [6, 6.07) is 0. The van der Waals surface area contributed by atoms with Crippen LogP contribution in [-0.4, -0.2) is 37.5 Å². The number of aryl methyl sites for hydroxylation is 1. The molecule has 1 aliphatic rings. The van der Waals surface area contributed by atoms with Gasteiger partial charge in [0.2, 0.25) is 11.8 Å². The van der Waals surface area contributed by atoms with E-state index in [9.17, 15) is 4.79 Å². The van der Waals surface area contributed by atoms with Gasteiger partial charge in [0.25, 0.3) is 0 Å². The van der Waals surface area contributed by atoms with Crippen molar-refractivity contribution in [1.82, 2.24) is 24.6 Å². The molecular formula is C15H21N5O2. The molecule has 2 aromatic heterocycles. The lowest BCUT2D eigenvalue weighted by Crippen LogP contribution is -2.36. The van der Waals surface area contributed by atoms with Crippen LogP contribution in [0, 0.1) is 5.41 Å². The summed E-state index contributed by atoms with van der Waals surface area (Å²) >= 11 is 0. The third kappa shape index (κ3) is 3.03. The first-order chi connectivity index (χ1) is 10.6. The molecule has 0 radical (unpaired) electrons. The Kier molecular flexibility index (Phi) is 3.96. The smallest absolute Gasteiger partial charge is 0.246 e. The first-order valence-electron chi connectivity index (χ1n) is 7.66. The predicted octanol–water partition coefficient (Wildman–Crippen LogP) is 1.66. The maximum Gasteiger partial charge on any atom is 0.246 e. The van der Waals surface area contributed by atoms with Gasteiger partial charge in [-0.2, -0.15) is 4.98 Å². The van der Waals surface area contributed by atoms with E-state index >= 15 is 0 Å². The summed E-state index contributed by atoms with van der Waals surface area (Å²) in [4.78, 5) is 22.7. The standard InChI is InChI=1S/C15H21N5O2/c1-3-4-12-17-13(22-18-12)9-19(2)14(21)15(5-6-15)10-20-8-7-16-11-20/h7-8,11H,3-6,9-10H2,1-2H3. The molecule has 0 spiro atoms. The molecule has 7 heteroatoms. The zero-order valence-electron chi connectivity index (χ0n) is 13.0. The fourth-order valence-corrected chi connectivity index (χ4v) is 2.68. The fraction of sp³-hybridized carbons (Fsp3) is 0.600. The lowest BCUT2D eigenvalue weighted by atomic mass is 10.1. The lowest BCUT2D eigenvalue weighted by Gasteiger charge is -2.22. The SMILES string of the molecule is CCCc1noc(CN(C)C(=O)C2(Cn3ccnc3)CC2)n1. The number of imidazole rings is 1. The van der Waals surface area contributed by atoms with E-state index in [1.54, 1.807) is 24.5 Å². The van der Waals surface area contributed by atoms with Crippen molar-refractivity contribution < 1.29 is 9.32 Å². The van der Waals surface area contributed by atoms with Crippen LogP contribution in [0.15, 0.2) is 23.2 Å². The molecule has 22 heavy (non-hydrogen) atoms. The molecule has 0 unspecified atom stereocenters. The zero-order chi connectivity index (χ0) is 15.6. The molecule has 1 amide bonds. The first kappa shape index (κ1) is 14.7. The summed E-state index contributed by atoms with van der Waals surface area (Å²) in [5.74, 6) is 1.34. The Morgan fingerprint density at radius 1 is 1.50 bits per heavy atom. The highest BCUT2D eigenvalue weighted by molar-refractivity contribution is 5.85. The minimum atomic E-state index is -0.290. The summed E-state index contributed by atoms with van der Waals surface area (Å²) in [5, 5.41) is 3.92. The Labute approximate surface area is 129 Å². The molecular weight excluding hydrogens is 282 g/mol. The molecule has 0 bridgehead atoms. The summed E-state index contributed by atoms with van der Waals surface area (Å²) in [6.45, 7) is 3.11. The summed E-state index contributed by atoms with van der Waals surface area (Å²) < 4.78 is 7.17. The molecule has 2 aromatic rings. The van der Waals surface area contributed by atoms with Crippen LogP contribution >= 0.6 is 0 Å². The van der Waals surface area contributed by atoms with Crippen LogP contribution in [-0.2, 0) is 24.3 Å². The molecule has 7 nitrogen and oxygen atoms in total. The Morgan fingerprint density at radius 2 is 2.32 bits per heavy atom. The second-order valence-corrected chi connectivity index (χ2v) is 6.03. The van der Waals surface area contributed by atoms with E-state index in [-0.39, 0.29) is 11.3 Å². The highest BCUT2D eigenvalue weighted by atomic mass is 16.5. The van der Waals surface area contributed by atoms with Crippen LogP contribution in [0.25, 0.3) is 0 Å². The third-order valence-corrected chi connectivity index (χ3v) is 4.05. The molecule has 118 valence electrons. The lowest BCUT2D eigenvalue weighted by molar-refractivity contribution is -0.137. The number of hydrogen-bond donors (Lipinski definition) is 0. The number of hydrogen-bond acceptors (Lipinski definition) is 5. The van der Waals surface area contributed by atoms with Crippen LogP contribution in [0.2, 0.25) is 0 Å². The molecule has 0 N–H and O–H groups in total. The van der Waals surface area contributed by atoms with Crippen LogP contribution in [0.4, 0.5) is 0 Å². The maximum absolute atomic E-state index is 12.7. The van der Waals surface area contributed by atoms with E-state index in [1.165, 1.54) is 0 Å². The Balaban J connectivity index is 1.61. The minimum absolute atomic E-state index is 0.136. The van der Waals surface area contributed by atoms with E-state index in [0.29, 0.717) is 24.8 Å². The number of aromatic nitrogens is 4. The average Bonchev–Trinajstić information content (AvgIpc) is 2.88. The van der Waals surface area contributed by atoms with Crippen molar-refractivity contribution >= 4 is 5.91 Å². The van der Waals surface area contributed by atoms with Gasteiger partial charge < -0.3 is 14.0 Å². The van der Waals surface area contributed by atoms with Gasteiger partial charge in [-0.3, -0.25) is 4.79 Å². The number of carbonyl (C=O) groups is 1. The quantitative estimate of drug-likeness (QED) is 0.777. The van der Waals surface area contributed by atoms with E-state index < -0.39 is 0 Å². The monoisotopic (exact) mass is 303 g/mol. The normalized spacial score (nSPS) is 15.7. The largest absolute Gasteiger partial charge is 0.337 e. The third-order valence-electron chi connectivity index (χ3n) is 4.05. The molecule has 1 saturated carbocycles. The molecule has 2 heterocycles. The molecule has 1 aliphatic carbocycles. The summed E-state index contributed by atoms with van der Waals surface area (Å²) in [5.41, 5.74) is -0.290. The second-order valence-electron chi connectivity index (χ2n) is 6.03. The average molecular weight is 303 g/mol. The van der Waals surface area contributed by atoms with Crippen molar-refractivity contribution in [2.24, 2.45) is 5.41 Å². The van der Waals surface area contributed by atoms with Crippen molar-refractivity contribution in [2.75, 3.05) is 7.05 Å². The molecule has 0 aliphatic heterocycles. The van der Waals surface area contributed by atoms with Crippen molar-refractivity contribution in [3.63, 3.8) is 0 Å². The van der Waals surface area contributed by atoms with Gasteiger partial charge in [0.1, 0.15) is 0 Å². The first-order valence-corrected chi connectivity index (χ1v) is 7.66. The second kappa shape index (κ2) is 5.90. The van der Waals surface area contributed by atoms with Crippen LogP contribution in [0.3, 0.4) is 0 Å². The Bertz CT molecular complexity index is 630. The van der Waals surface area contributed by atoms with Gasteiger partial charge in [-0.05, 0) is 19.3 Å². The van der Waals surface area contributed by atoms with Crippen LogP contribution in [0.1, 0.15) is 37.9 Å². The number of nitrogens with zero attached hydrogens (tertiary/aromatic N) is 5. The van der Waals surface area contributed by atoms with E-state index in [4.69, 9.17) is 4.52 Å². The van der Waals surface area contributed by atoms with Gasteiger partial charge in [-0.25, -0.2) is 4.98 Å². The number of carbonyl (C=O) groups excluding carboxylic acids is 1. The zero-order valence-corrected chi connectivity index (χ0v) is 13.0. The van der Waals surface area contributed by atoms with E-state index in [0.717, 1.165) is 25.7 Å². The predicted molar refractivity (Wildman–Crippen MR) is 78.7 cm³/mol. The van der Waals surface area contributed by atoms with Crippen molar-refractivity contribution in [3.05, 3.63) is 30.4 Å². The van der Waals surface area contributed by atoms with Crippen LogP contribution < -0.4 is 0 Å². The van der Waals surface area contributed by atoms with Gasteiger partial charge in [-0.1, -0.05) is 12.1 Å². The minimum Gasteiger partial charge on any atom is -0.337 e. The van der Waals surface area contributed by atoms with E-state index in [1.807, 2.05) is 10.8 Å². The van der Waals surface area contributed by atoms with Gasteiger partial charge >= 0.3 is 0 Å². The van der Waals surface area contributed by atoms with E-state index in [2.05, 4.69) is 22.0 Å². The van der Waals surface area contributed by atoms with Gasteiger partial charge in [0.15, 0.2) is 5.82 Å². The molecule has 0 saturated heterocycles. The summed E-state index contributed by atoms with van der Waals surface area (Å²) in [7, 11) is 1.79. The highest BCUT2D eigenvalue weighted by Gasteiger charge is 2.51. The van der Waals surface area contributed by atoms with Crippen molar-refractivity contribution in [1.29, 1.82) is 0 Å². The summed E-state index contributed by atoms with van der Waals surface area (Å²) in [6.07, 6.45) is 8.98. The maximum atomic E-state index is 12.7. The van der Waals surface area contributed by atoms with Crippen molar-refractivity contribution in [3.8, 4) is 0 Å². The van der Waals surface area contributed by atoms with Gasteiger partial charge in [-0.15, -0.1) is 0 Å². The van der Waals surface area contributed by atoms with Crippen molar-refractivity contribution in [2.45, 2.75) is 45.7 Å². The molecule has 0 atom stereocenters. The van der Waals surface area contributed by atoms with Crippen LogP contribution in [0.5, 0.6) is 0 Å². The topological polar surface area (TPSA) is 77.0 Å². The number of amides is 1. The number of rotatable bonds is 7. The van der Waals surface area contributed by atoms with Gasteiger partial charge in [0, 0.05) is 32.4 Å². The Morgan fingerprint density at radius 3 is 2.95 bits per heavy atom. The molecule has 1 fully saturated rings. The Hall–Kier alpha value is -2.18. The highest BCUT2D eigenvalue weighted by Crippen LogP contribution is 2.48. The van der Waals surface area contributed by atoms with Gasteiger partial charge in [0.05, 0.1) is 18.3 Å². The molecule has 3 rings (SSSR count). The fourth-order valence-electron chi connectivity index (χ4n) is 2.68.